The van der Waals surface area contributed by atoms with Crippen LogP contribution in [0.1, 0.15) is 33.6 Å². The Balaban J connectivity index is 2.36. The van der Waals surface area contributed by atoms with Crippen LogP contribution in [0.2, 0.25) is 0 Å². The van der Waals surface area contributed by atoms with Gasteiger partial charge in [0.1, 0.15) is 6.10 Å². The third kappa shape index (κ3) is 1.72. The minimum absolute atomic E-state index is 0.0645. The summed E-state index contributed by atoms with van der Waals surface area (Å²) in [5.41, 5.74) is 0.947. The number of allylic oxidation sites excluding steroid dienone is 1. The van der Waals surface area contributed by atoms with E-state index >= 15 is 0 Å². The Hall–Kier alpha value is -0.670. The van der Waals surface area contributed by atoms with E-state index in [0.717, 1.165) is 18.4 Å². The van der Waals surface area contributed by atoms with Crippen molar-refractivity contribution in [3.05, 3.63) is 11.6 Å². The van der Waals surface area contributed by atoms with Crippen molar-refractivity contribution in [1.29, 1.82) is 0 Å². The van der Waals surface area contributed by atoms with Crippen molar-refractivity contribution in [1.82, 2.24) is 0 Å². The third-order valence-corrected chi connectivity index (χ3v) is 4.19. The average Bonchev–Trinajstić information content (AvgIpc) is 2.61. The highest BCUT2D eigenvalue weighted by atomic mass is 17.1. The molecule has 0 aromatic heterocycles. The second kappa shape index (κ2) is 4.30. The van der Waals surface area contributed by atoms with E-state index in [-0.39, 0.29) is 29.6 Å². The first-order chi connectivity index (χ1) is 7.56. The van der Waals surface area contributed by atoms with Crippen LogP contribution in [0.5, 0.6) is 0 Å². The normalized spacial score (nSPS) is 38.8. The lowest BCUT2D eigenvalue weighted by molar-refractivity contribution is -0.285. The molecular formula is C13H20O3. The van der Waals surface area contributed by atoms with Crippen LogP contribution in [-0.4, -0.2) is 17.1 Å². The third-order valence-electron chi connectivity index (χ3n) is 4.19. The van der Waals surface area contributed by atoms with Crippen molar-refractivity contribution in [2.75, 3.05) is 0 Å². The molecule has 1 N–H and O–H groups in total. The van der Waals surface area contributed by atoms with Gasteiger partial charge in [-0.1, -0.05) is 20.8 Å². The van der Waals surface area contributed by atoms with Crippen LogP contribution in [-0.2, 0) is 9.68 Å². The van der Waals surface area contributed by atoms with Crippen molar-refractivity contribution in [2.45, 2.75) is 39.7 Å². The van der Waals surface area contributed by atoms with Crippen LogP contribution in [0.4, 0.5) is 0 Å². The minimum atomic E-state index is -0.278. The zero-order valence-electron chi connectivity index (χ0n) is 10.1. The Morgan fingerprint density at radius 1 is 1.44 bits per heavy atom. The Kier molecular flexibility index (Phi) is 3.17. The van der Waals surface area contributed by atoms with Gasteiger partial charge < -0.3 is 0 Å². The van der Waals surface area contributed by atoms with Crippen molar-refractivity contribution >= 4 is 5.78 Å². The first-order valence-corrected chi connectivity index (χ1v) is 6.11. The maximum Gasteiger partial charge on any atom is 0.159 e. The molecule has 0 spiro atoms. The highest BCUT2D eigenvalue weighted by Gasteiger charge is 2.47. The van der Waals surface area contributed by atoms with Crippen molar-refractivity contribution in [2.24, 2.45) is 23.7 Å². The monoisotopic (exact) mass is 224 g/mol. The second-order valence-electron chi connectivity index (χ2n) is 5.47. The van der Waals surface area contributed by atoms with Crippen molar-refractivity contribution < 1.29 is 14.9 Å². The lowest BCUT2D eigenvalue weighted by Gasteiger charge is -2.35. The summed E-state index contributed by atoms with van der Waals surface area (Å²) in [6, 6.07) is 0. The van der Waals surface area contributed by atoms with Gasteiger partial charge in [-0.15, -0.1) is 0 Å². The number of fused-ring (bicyclic) bond motifs is 1. The van der Waals surface area contributed by atoms with Crippen LogP contribution in [0.25, 0.3) is 0 Å². The zero-order valence-corrected chi connectivity index (χ0v) is 10.1. The summed E-state index contributed by atoms with van der Waals surface area (Å²) in [5, 5.41) is 9.11. The van der Waals surface area contributed by atoms with Gasteiger partial charge in [-0.3, -0.25) is 10.1 Å². The van der Waals surface area contributed by atoms with Gasteiger partial charge in [0.25, 0.3) is 0 Å². The molecule has 3 nitrogen and oxygen atoms in total. The molecule has 16 heavy (non-hydrogen) atoms. The molecule has 1 fully saturated rings. The van der Waals surface area contributed by atoms with Gasteiger partial charge in [0.2, 0.25) is 0 Å². The largest absolute Gasteiger partial charge is 0.295 e. The second-order valence-corrected chi connectivity index (χ2v) is 5.47. The maximum atomic E-state index is 12.0. The fraction of sp³-hybridized carbons (Fsp3) is 0.769. The van der Waals surface area contributed by atoms with E-state index in [2.05, 4.69) is 11.8 Å². The van der Waals surface area contributed by atoms with Crippen LogP contribution < -0.4 is 0 Å². The molecule has 2 aliphatic carbocycles. The molecule has 3 heteroatoms. The fourth-order valence-electron chi connectivity index (χ4n) is 3.27. The highest BCUT2D eigenvalue weighted by Crippen LogP contribution is 2.46. The summed E-state index contributed by atoms with van der Waals surface area (Å²) >= 11 is 0. The topological polar surface area (TPSA) is 46.5 Å². The standard InChI is InChI=1S/C13H20O3/c1-7(2)10-6-11(14)9-5-4-8(3)12(9)13(10)16-15/h6-9,12-13,15H,4-5H2,1-3H3/t8-,9-,12-,13-/m0/s1. The fourth-order valence-corrected chi connectivity index (χ4v) is 3.27. The van der Waals surface area contributed by atoms with Gasteiger partial charge in [-0.25, -0.2) is 4.89 Å². The summed E-state index contributed by atoms with van der Waals surface area (Å²) in [4.78, 5) is 16.7. The maximum absolute atomic E-state index is 12.0. The van der Waals surface area contributed by atoms with E-state index in [4.69, 9.17) is 5.26 Å². The quantitative estimate of drug-likeness (QED) is 0.579. The molecule has 90 valence electrons. The van der Waals surface area contributed by atoms with Gasteiger partial charge >= 0.3 is 0 Å². The van der Waals surface area contributed by atoms with Crippen LogP contribution in [0.15, 0.2) is 11.6 Å². The molecule has 2 rings (SSSR count). The van der Waals surface area contributed by atoms with Gasteiger partial charge in [-0.2, -0.15) is 0 Å². The first kappa shape index (κ1) is 11.8. The van der Waals surface area contributed by atoms with Crippen LogP contribution in [0, 0.1) is 23.7 Å². The van der Waals surface area contributed by atoms with Gasteiger partial charge in [0.05, 0.1) is 0 Å². The molecule has 0 aromatic carbocycles. The predicted octanol–water partition coefficient (Wildman–Crippen LogP) is 2.67. The summed E-state index contributed by atoms with van der Waals surface area (Å²) in [6.07, 6.45) is 3.41. The number of carbonyl (C=O) groups excluding carboxylic acids is 1. The Labute approximate surface area is 96.4 Å². The molecule has 0 bridgehead atoms. The Morgan fingerprint density at radius 2 is 2.12 bits per heavy atom. The highest BCUT2D eigenvalue weighted by molar-refractivity contribution is 5.94. The molecule has 0 unspecified atom stereocenters. The molecule has 0 aromatic rings. The molecule has 0 aliphatic heterocycles. The molecule has 4 atom stereocenters. The van der Waals surface area contributed by atoms with Gasteiger partial charge in [0, 0.05) is 11.8 Å². The number of rotatable bonds is 2. The molecule has 2 aliphatic rings. The number of hydrogen-bond donors (Lipinski definition) is 1. The van der Waals surface area contributed by atoms with E-state index < -0.39 is 0 Å². The van der Waals surface area contributed by atoms with Crippen LogP contribution >= 0.6 is 0 Å². The molecule has 0 radical (unpaired) electrons. The summed E-state index contributed by atoms with van der Waals surface area (Å²) in [7, 11) is 0. The average molecular weight is 224 g/mol. The predicted molar refractivity (Wildman–Crippen MR) is 60.8 cm³/mol. The summed E-state index contributed by atoms with van der Waals surface area (Å²) < 4.78 is 0. The van der Waals surface area contributed by atoms with Crippen LogP contribution in [0.3, 0.4) is 0 Å². The molecular weight excluding hydrogens is 204 g/mol. The van der Waals surface area contributed by atoms with E-state index in [9.17, 15) is 4.79 Å². The summed E-state index contributed by atoms with van der Waals surface area (Å²) in [6.45, 7) is 6.21. The SMILES string of the molecule is CC(C)C1=CC(=O)[C@@H]2CC[C@H](C)[C@@H]2[C@H]1OO. The van der Waals surface area contributed by atoms with E-state index in [1.54, 1.807) is 6.08 Å². The molecule has 0 saturated heterocycles. The summed E-state index contributed by atoms with van der Waals surface area (Å²) in [5.74, 6) is 1.16. The van der Waals surface area contributed by atoms with E-state index in [1.165, 1.54) is 0 Å². The van der Waals surface area contributed by atoms with Crippen molar-refractivity contribution in [3.8, 4) is 0 Å². The lowest BCUT2D eigenvalue weighted by Crippen LogP contribution is -2.39. The minimum Gasteiger partial charge on any atom is -0.295 e. The number of hydrogen-bond acceptors (Lipinski definition) is 3. The Bertz CT molecular complexity index is 319. The van der Waals surface area contributed by atoms with E-state index in [1.807, 2.05) is 13.8 Å². The smallest absolute Gasteiger partial charge is 0.159 e. The van der Waals surface area contributed by atoms with Gasteiger partial charge in [-0.05, 0) is 36.3 Å². The zero-order chi connectivity index (χ0) is 11.9. The first-order valence-electron chi connectivity index (χ1n) is 6.11. The number of ketones is 1. The number of carbonyl (C=O) groups is 1. The molecule has 0 amide bonds. The molecule has 1 saturated carbocycles. The lowest BCUT2D eigenvalue weighted by atomic mass is 9.73. The molecule has 0 heterocycles. The van der Waals surface area contributed by atoms with Crippen molar-refractivity contribution in [3.63, 3.8) is 0 Å². The van der Waals surface area contributed by atoms with Gasteiger partial charge in [0.15, 0.2) is 5.78 Å². The van der Waals surface area contributed by atoms with E-state index in [0.29, 0.717) is 5.92 Å². The Morgan fingerprint density at radius 3 is 2.69 bits per heavy atom.